The Hall–Kier alpha value is -1.14. The van der Waals surface area contributed by atoms with Crippen molar-refractivity contribution in [3.05, 3.63) is 5.89 Å². The van der Waals surface area contributed by atoms with E-state index in [1.165, 1.54) is 0 Å². The van der Waals surface area contributed by atoms with E-state index in [4.69, 9.17) is 14.9 Å². The van der Waals surface area contributed by atoms with Crippen LogP contribution in [-0.2, 0) is 11.3 Å². The number of nitrogens with zero attached hydrogens (tertiary/aromatic N) is 3. The van der Waals surface area contributed by atoms with E-state index in [0.29, 0.717) is 11.9 Å². The maximum Gasteiger partial charge on any atom is 0.317 e. The molecule has 0 saturated carbocycles. The Morgan fingerprint density at radius 1 is 1.50 bits per heavy atom. The van der Waals surface area contributed by atoms with Crippen LogP contribution in [0, 0.1) is 0 Å². The van der Waals surface area contributed by atoms with Crippen LogP contribution in [0.2, 0.25) is 0 Å². The summed E-state index contributed by atoms with van der Waals surface area (Å²) in [7, 11) is 3.57. The summed E-state index contributed by atoms with van der Waals surface area (Å²) < 4.78 is 10.2. The number of aromatic nitrogens is 2. The molecule has 0 unspecified atom stereocenters. The minimum absolute atomic E-state index is 0.277. The van der Waals surface area contributed by atoms with Crippen molar-refractivity contribution in [2.45, 2.75) is 13.0 Å². The Labute approximate surface area is 83.0 Å². The average molecular weight is 200 g/mol. The lowest BCUT2D eigenvalue weighted by atomic mass is 10.4. The third-order valence-corrected chi connectivity index (χ3v) is 1.80. The molecular weight excluding hydrogens is 184 g/mol. The Morgan fingerprint density at radius 3 is 2.86 bits per heavy atom. The van der Waals surface area contributed by atoms with E-state index in [9.17, 15) is 0 Å². The minimum Gasteiger partial charge on any atom is -0.407 e. The predicted octanol–water partition coefficient (Wildman–Crippen LogP) is 0.00100. The number of hydrogen-bond acceptors (Lipinski definition) is 6. The molecule has 0 bridgehead atoms. The molecule has 0 aliphatic rings. The highest BCUT2D eigenvalue weighted by molar-refractivity contribution is 5.21. The van der Waals surface area contributed by atoms with Crippen LogP contribution < -0.4 is 10.6 Å². The van der Waals surface area contributed by atoms with Crippen LogP contribution in [0.5, 0.6) is 0 Å². The highest BCUT2D eigenvalue weighted by Crippen LogP contribution is 2.09. The molecule has 80 valence electrons. The van der Waals surface area contributed by atoms with E-state index in [1.807, 2.05) is 11.9 Å². The Morgan fingerprint density at radius 2 is 2.29 bits per heavy atom. The van der Waals surface area contributed by atoms with Gasteiger partial charge in [0.15, 0.2) is 0 Å². The van der Waals surface area contributed by atoms with Crippen molar-refractivity contribution in [2.75, 3.05) is 32.2 Å². The zero-order valence-corrected chi connectivity index (χ0v) is 8.56. The molecule has 1 rings (SSSR count). The van der Waals surface area contributed by atoms with Gasteiger partial charge in [-0.05, 0) is 6.42 Å². The van der Waals surface area contributed by atoms with E-state index < -0.39 is 0 Å². The summed E-state index contributed by atoms with van der Waals surface area (Å²) in [6.45, 7) is 1.82. The maximum atomic E-state index is 5.35. The highest BCUT2D eigenvalue weighted by atomic mass is 16.5. The molecule has 2 N–H and O–H groups in total. The average Bonchev–Trinajstić information content (AvgIpc) is 2.66. The van der Waals surface area contributed by atoms with Crippen molar-refractivity contribution in [3.8, 4) is 0 Å². The molecule has 0 fully saturated rings. The fourth-order valence-corrected chi connectivity index (χ4v) is 1.02. The number of nitrogens with two attached hydrogens (primary N) is 1. The summed E-state index contributed by atoms with van der Waals surface area (Å²) in [5, 5.41) is 7.62. The maximum absolute atomic E-state index is 5.35. The molecule has 1 heterocycles. The van der Waals surface area contributed by atoms with E-state index >= 15 is 0 Å². The highest BCUT2D eigenvalue weighted by Gasteiger charge is 2.08. The second-order valence-corrected chi connectivity index (χ2v) is 2.95. The summed E-state index contributed by atoms with van der Waals surface area (Å²) in [4.78, 5) is 1.88. The molecule has 0 aliphatic carbocycles. The lowest BCUT2D eigenvalue weighted by molar-refractivity contribution is 0.196. The monoisotopic (exact) mass is 200 g/mol. The smallest absolute Gasteiger partial charge is 0.317 e. The third-order valence-electron chi connectivity index (χ3n) is 1.80. The Bertz CT molecular complexity index is 264. The second kappa shape index (κ2) is 5.56. The number of methoxy groups -OCH3 is 1. The molecule has 1 aromatic rings. The zero-order chi connectivity index (χ0) is 10.4. The van der Waals surface area contributed by atoms with Gasteiger partial charge in [-0.25, -0.2) is 0 Å². The van der Waals surface area contributed by atoms with Gasteiger partial charge in [0.25, 0.3) is 0 Å². The fourth-order valence-electron chi connectivity index (χ4n) is 1.02. The van der Waals surface area contributed by atoms with Crippen molar-refractivity contribution in [1.29, 1.82) is 0 Å². The first-order valence-corrected chi connectivity index (χ1v) is 4.50. The van der Waals surface area contributed by atoms with Crippen molar-refractivity contribution in [3.63, 3.8) is 0 Å². The molecule has 0 aromatic carbocycles. The van der Waals surface area contributed by atoms with Crippen LogP contribution >= 0.6 is 0 Å². The minimum atomic E-state index is 0.277. The van der Waals surface area contributed by atoms with E-state index in [1.54, 1.807) is 7.11 Å². The van der Waals surface area contributed by atoms with Crippen molar-refractivity contribution < 1.29 is 9.15 Å². The number of ether oxygens (including phenoxy) is 1. The third kappa shape index (κ3) is 2.97. The molecule has 1 aromatic heterocycles. The largest absolute Gasteiger partial charge is 0.407 e. The molecule has 0 amide bonds. The van der Waals surface area contributed by atoms with Gasteiger partial charge >= 0.3 is 6.01 Å². The zero-order valence-electron chi connectivity index (χ0n) is 8.56. The van der Waals surface area contributed by atoms with Crippen LogP contribution in [0.3, 0.4) is 0 Å². The van der Waals surface area contributed by atoms with Gasteiger partial charge in [-0.2, -0.15) is 0 Å². The molecule has 0 spiro atoms. The molecule has 6 nitrogen and oxygen atoms in total. The predicted molar refractivity (Wildman–Crippen MR) is 52.0 cm³/mol. The summed E-state index contributed by atoms with van der Waals surface area (Å²) in [6, 6.07) is 0.501. The van der Waals surface area contributed by atoms with Gasteiger partial charge in [0.1, 0.15) is 0 Å². The van der Waals surface area contributed by atoms with Gasteiger partial charge in [-0.15, -0.1) is 5.10 Å². The van der Waals surface area contributed by atoms with E-state index in [0.717, 1.165) is 19.6 Å². The van der Waals surface area contributed by atoms with Gasteiger partial charge < -0.3 is 19.8 Å². The van der Waals surface area contributed by atoms with Gasteiger partial charge in [-0.1, -0.05) is 5.10 Å². The van der Waals surface area contributed by atoms with Crippen molar-refractivity contribution in [1.82, 2.24) is 10.2 Å². The second-order valence-electron chi connectivity index (χ2n) is 2.95. The molecule has 0 aliphatic heterocycles. The molecule has 0 atom stereocenters. The molecular formula is C8H16N4O2. The van der Waals surface area contributed by atoms with E-state index in [2.05, 4.69) is 10.2 Å². The standard InChI is InChI=1S/C8H16N4O2/c1-12(4-3-5-13-2)8-11-10-7(6-9)14-8/h3-6,9H2,1-2H3. The quantitative estimate of drug-likeness (QED) is 0.651. The topological polar surface area (TPSA) is 77.4 Å². The lowest BCUT2D eigenvalue weighted by Gasteiger charge is -2.12. The molecule has 0 radical (unpaired) electrons. The summed E-state index contributed by atoms with van der Waals surface area (Å²) in [6.07, 6.45) is 0.924. The number of hydrogen-bond donors (Lipinski definition) is 1. The molecule has 0 saturated heterocycles. The van der Waals surface area contributed by atoms with Crippen molar-refractivity contribution >= 4 is 6.01 Å². The summed E-state index contributed by atoms with van der Waals surface area (Å²) in [5.41, 5.74) is 5.35. The van der Waals surface area contributed by atoms with Crippen LogP contribution in [0.4, 0.5) is 6.01 Å². The lowest BCUT2D eigenvalue weighted by Crippen LogP contribution is -2.19. The summed E-state index contributed by atoms with van der Waals surface area (Å²) in [5.74, 6) is 0.457. The van der Waals surface area contributed by atoms with Gasteiger partial charge in [0.05, 0.1) is 6.54 Å². The normalized spacial score (nSPS) is 10.5. The van der Waals surface area contributed by atoms with Crippen LogP contribution in [0.15, 0.2) is 4.42 Å². The van der Waals surface area contributed by atoms with E-state index in [-0.39, 0.29) is 6.54 Å². The SMILES string of the molecule is COCCCN(C)c1nnc(CN)o1. The first-order chi connectivity index (χ1) is 6.77. The van der Waals surface area contributed by atoms with Crippen LogP contribution in [-0.4, -0.2) is 37.5 Å². The van der Waals surface area contributed by atoms with Gasteiger partial charge in [0, 0.05) is 27.3 Å². The van der Waals surface area contributed by atoms with Gasteiger partial charge in [-0.3, -0.25) is 0 Å². The Kier molecular flexibility index (Phi) is 4.34. The molecule has 6 heteroatoms. The Balaban J connectivity index is 2.39. The van der Waals surface area contributed by atoms with Crippen LogP contribution in [0.1, 0.15) is 12.3 Å². The number of rotatable bonds is 6. The first-order valence-electron chi connectivity index (χ1n) is 4.50. The number of anilines is 1. The van der Waals surface area contributed by atoms with Gasteiger partial charge in [0.2, 0.25) is 5.89 Å². The van der Waals surface area contributed by atoms with Crippen molar-refractivity contribution in [2.24, 2.45) is 5.73 Å². The first kappa shape index (κ1) is 10.9. The van der Waals surface area contributed by atoms with Crippen LogP contribution in [0.25, 0.3) is 0 Å². The fraction of sp³-hybridized carbons (Fsp3) is 0.750. The molecule has 14 heavy (non-hydrogen) atoms. The summed E-state index contributed by atoms with van der Waals surface area (Å²) >= 11 is 0.